The zero-order chi connectivity index (χ0) is 12.2. The third-order valence-electron chi connectivity index (χ3n) is 2.25. The van der Waals surface area contributed by atoms with Gasteiger partial charge in [0.15, 0.2) is 0 Å². The number of likely N-dealkylation sites (N-methyl/N-ethyl adjacent to an activating group) is 1. The molecule has 1 aromatic rings. The maximum atomic E-state index is 9.63. The van der Waals surface area contributed by atoms with Crippen molar-refractivity contribution in [2.24, 2.45) is 0 Å². The van der Waals surface area contributed by atoms with Crippen molar-refractivity contribution in [3.63, 3.8) is 0 Å². The van der Waals surface area contributed by atoms with Gasteiger partial charge in [-0.25, -0.2) is 0 Å². The maximum absolute atomic E-state index is 9.63. The van der Waals surface area contributed by atoms with Gasteiger partial charge in [-0.1, -0.05) is 0 Å². The molecule has 0 amide bonds. The van der Waals surface area contributed by atoms with Crippen molar-refractivity contribution in [3.8, 4) is 0 Å². The SMILES string of the molecule is CN(CCCn1ccc(N)n1)CC(C)(C)O. The summed E-state index contributed by atoms with van der Waals surface area (Å²) >= 11 is 0. The van der Waals surface area contributed by atoms with Gasteiger partial charge < -0.3 is 15.7 Å². The van der Waals surface area contributed by atoms with E-state index in [-0.39, 0.29) is 0 Å². The Morgan fingerprint density at radius 1 is 1.56 bits per heavy atom. The Morgan fingerprint density at radius 2 is 2.25 bits per heavy atom. The molecule has 0 spiro atoms. The van der Waals surface area contributed by atoms with E-state index in [0.29, 0.717) is 12.4 Å². The Hall–Kier alpha value is -1.07. The molecule has 0 aliphatic heterocycles. The lowest BCUT2D eigenvalue weighted by Gasteiger charge is -2.25. The van der Waals surface area contributed by atoms with Crippen LogP contribution >= 0.6 is 0 Å². The smallest absolute Gasteiger partial charge is 0.145 e. The molecule has 0 aliphatic rings. The van der Waals surface area contributed by atoms with Crippen LogP contribution < -0.4 is 5.73 Å². The minimum Gasteiger partial charge on any atom is -0.389 e. The van der Waals surface area contributed by atoms with E-state index in [1.165, 1.54) is 0 Å². The topological polar surface area (TPSA) is 67.3 Å². The second-order valence-electron chi connectivity index (χ2n) is 4.91. The first kappa shape index (κ1) is 13.0. The number of aliphatic hydroxyl groups is 1. The molecule has 0 saturated heterocycles. The van der Waals surface area contributed by atoms with Crippen molar-refractivity contribution in [2.75, 3.05) is 25.9 Å². The Kier molecular flexibility index (Phi) is 4.32. The molecule has 0 aromatic carbocycles. The number of nitrogens with two attached hydrogens (primary N) is 1. The second kappa shape index (κ2) is 5.32. The molecule has 1 rings (SSSR count). The van der Waals surface area contributed by atoms with Gasteiger partial charge in [0.2, 0.25) is 0 Å². The van der Waals surface area contributed by atoms with E-state index in [0.717, 1.165) is 19.5 Å². The fourth-order valence-corrected chi connectivity index (χ4v) is 1.74. The first-order valence-corrected chi connectivity index (χ1v) is 5.57. The highest BCUT2D eigenvalue weighted by Gasteiger charge is 2.14. The number of anilines is 1. The van der Waals surface area contributed by atoms with Crippen LogP contribution in [0.1, 0.15) is 20.3 Å². The molecule has 92 valence electrons. The Labute approximate surface area is 96.9 Å². The van der Waals surface area contributed by atoms with Crippen LogP contribution in [-0.4, -0.2) is 45.5 Å². The zero-order valence-corrected chi connectivity index (χ0v) is 10.3. The van der Waals surface area contributed by atoms with Crippen LogP contribution in [0.3, 0.4) is 0 Å². The largest absolute Gasteiger partial charge is 0.389 e. The van der Waals surface area contributed by atoms with Gasteiger partial charge in [0.25, 0.3) is 0 Å². The highest BCUT2D eigenvalue weighted by Crippen LogP contribution is 2.04. The molecular formula is C11H22N4O. The third kappa shape index (κ3) is 5.14. The number of hydrogen-bond donors (Lipinski definition) is 2. The summed E-state index contributed by atoms with van der Waals surface area (Å²) < 4.78 is 1.84. The fraction of sp³-hybridized carbons (Fsp3) is 0.727. The van der Waals surface area contributed by atoms with Gasteiger partial charge in [0, 0.05) is 19.3 Å². The summed E-state index contributed by atoms with van der Waals surface area (Å²) in [5.74, 6) is 0.560. The minimum absolute atomic E-state index is 0.560. The maximum Gasteiger partial charge on any atom is 0.145 e. The molecular weight excluding hydrogens is 204 g/mol. The molecule has 0 aliphatic carbocycles. The van der Waals surface area contributed by atoms with Crippen LogP contribution in [0.25, 0.3) is 0 Å². The van der Waals surface area contributed by atoms with Gasteiger partial charge >= 0.3 is 0 Å². The zero-order valence-electron chi connectivity index (χ0n) is 10.3. The van der Waals surface area contributed by atoms with Crippen molar-refractivity contribution < 1.29 is 5.11 Å². The minimum atomic E-state index is -0.634. The summed E-state index contributed by atoms with van der Waals surface area (Å²) in [4.78, 5) is 2.12. The highest BCUT2D eigenvalue weighted by molar-refractivity contribution is 5.23. The van der Waals surface area contributed by atoms with Gasteiger partial charge in [-0.3, -0.25) is 4.68 Å². The van der Waals surface area contributed by atoms with Crippen molar-refractivity contribution in [1.82, 2.24) is 14.7 Å². The Morgan fingerprint density at radius 3 is 2.75 bits per heavy atom. The van der Waals surface area contributed by atoms with Gasteiger partial charge in [0.05, 0.1) is 5.60 Å². The lowest BCUT2D eigenvalue weighted by molar-refractivity contribution is 0.0440. The first-order valence-electron chi connectivity index (χ1n) is 5.57. The molecule has 0 fully saturated rings. The van der Waals surface area contributed by atoms with Crippen LogP contribution in [0, 0.1) is 0 Å². The van der Waals surface area contributed by atoms with E-state index in [4.69, 9.17) is 5.73 Å². The standard InChI is InChI=1S/C11H22N4O/c1-11(2,16)9-14(3)6-4-7-15-8-5-10(12)13-15/h5,8,16H,4,6-7,9H2,1-3H3,(H2,12,13). The van der Waals surface area contributed by atoms with E-state index < -0.39 is 5.60 Å². The summed E-state index contributed by atoms with van der Waals surface area (Å²) in [7, 11) is 2.01. The number of nitrogen functional groups attached to an aromatic ring is 1. The van der Waals surface area contributed by atoms with E-state index >= 15 is 0 Å². The predicted molar refractivity (Wildman–Crippen MR) is 65.1 cm³/mol. The summed E-state index contributed by atoms with van der Waals surface area (Å²) in [6.45, 7) is 6.10. The number of nitrogens with zero attached hydrogens (tertiary/aromatic N) is 3. The van der Waals surface area contributed by atoms with Gasteiger partial charge in [-0.2, -0.15) is 5.10 Å². The molecule has 0 bridgehead atoms. The van der Waals surface area contributed by atoms with Crippen LogP contribution in [0.15, 0.2) is 12.3 Å². The van der Waals surface area contributed by atoms with E-state index in [1.807, 2.05) is 31.8 Å². The second-order valence-corrected chi connectivity index (χ2v) is 4.91. The van der Waals surface area contributed by atoms with Crippen molar-refractivity contribution in [3.05, 3.63) is 12.3 Å². The van der Waals surface area contributed by atoms with Crippen LogP contribution in [0.2, 0.25) is 0 Å². The van der Waals surface area contributed by atoms with Crippen LogP contribution in [-0.2, 0) is 6.54 Å². The molecule has 1 aromatic heterocycles. The molecule has 0 radical (unpaired) electrons. The Bertz CT molecular complexity index is 316. The summed E-state index contributed by atoms with van der Waals surface area (Å²) in [6.07, 6.45) is 2.87. The van der Waals surface area contributed by atoms with Gasteiger partial charge in [-0.15, -0.1) is 0 Å². The third-order valence-corrected chi connectivity index (χ3v) is 2.25. The quantitative estimate of drug-likeness (QED) is 0.743. The average Bonchev–Trinajstić information content (AvgIpc) is 2.48. The number of rotatable bonds is 6. The van der Waals surface area contributed by atoms with Crippen LogP contribution in [0.5, 0.6) is 0 Å². The molecule has 5 heteroatoms. The first-order chi connectivity index (χ1) is 7.37. The van der Waals surface area contributed by atoms with Crippen molar-refractivity contribution in [2.45, 2.75) is 32.4 Å². The lowest BCUT2D eigenvalue weighted by Crippen LogP contribution is -2.36. The predicted octanol–water partition coefficient (Wildman–Crippen LogP) is 0.558. The van der Waals surface area contributed by atoms with E-state index in [2.05, 4.69) is 10.00 Å². The summed E-state index contributed by atoms with van der Waals surface area (Å²) in [6, 6.07) is 1.79. The highest BCUT2D eigenvalue weighted by atomic mass is 16.3. The number of aryl methyl sites for hydroxylation is 1. The molecule has 16 heavy (non-hydrogen) atoms. The molecule has 1 heterocycles. The summed E-state index contributed by atoms with van der Waals surface area (Å²) in [5.41, 5.74) is 4.88. The number of hydrogen-bond acceptors (Lipinski definition) is 4. The average molecular weight is 226 g/mol. The molecule has 0 unspecified atom stereocenters. The van der Waals surface area contributed by atoms with Crippen molar-refractivity contribution >= 4 is 5.82 Å². The molecule has 5 nitrogen and oxygen atoms in total. The Balaban J connectivity index is 2.20. The van der Waals surface area contributed by atoms with E-state index in [9.17, 15) is 5.11 Å². The number of aromatic nitrogens is 2. The van der Waals surface area contributed by atoms with Gasteiger partial charge in [-0.05, 0) is 39.9 Å². The normalized spacial score (nSPS) is 12.3. The molecule has 3 N–H and O–H groups in total. The molecule has 0 atom stereocenters. The van der Waals surface area contributed by atoms with Crippen LogP contribution in [0.4, 0.5) is 5.82 Å². The van der Waals surface area contributed by atoms with Crippen molar-refractivity contribution in [1.29, 1.82) is 0 Å². The van der Waals surface area contributed by atoms with E-state index in [1.54, 1.807) is 6.07 Å². The lowest BCUT2D eigenvalue weighted by atomic mass is 10.1. The fourth-order valence-electron chi connectivity index (χ4n) is 1.74. The monoisotopic (exact) mass is 226 g/mol. The van der Waals surface area contributed by atoms with Gasteiger partial charge in [0.1, 0.15) is 5.82 Å². The molecule has 0 saturated carbocycles. The summed E-state index contributed by atoms with van der Waals surface area (Å²) in [5, 5.41) is 13.7.